The first-order valence-electron chi connectivity index (χ1n) is 8.01. The van der Waals surface area contributed by atoms with E-state index in [1.807, 2.05) is 24.5 Å². The Morgan fingerprint density at radius 2 is 1.91 bits per heavy atom. The number of hydrogen-bond acceptors (Lipinski definition) is 3. The van der Waals surface area contributed by atoms with Gasteiger partial charge in [-0.3, -0.25) is 9.38 Å². The van der Waals surface area contributed by atoms with Crippen molar-refractivity contribution in [2.45, 2.75) is 33.1 Å². The maximum absolute atomic E-state index is 6.24. The molecule has 4 nitrogen and oxygen atoms in total. The summed E-state index contributed by atoms with van der Waals surface area (Å²) in [5, 5.41) is 0. The lowest BCUT2D eigenvalue weighted by Crippen LogP contribution is -2.01. The Hall–Kier alpha value is -2.49. The largest absolute Gasteiger partial charge is 0.497 e. The van der Waals surface area contributed by atoms with Gasteiger partial charge in [-0.25, -0.2) is 0 Å². The number of anilines is 1. The fraction of sp³-hybridized carbons (Fsp3) is 0.316. The van der Waals surface area contributed by atoms with Gasteiger partial charge < -0.3 is 10.5 Å². The number of methoxy groups -OCH3 is 1. The minimum Gasteiger partial charge on any atom is -0.497 e. The molecule has 120 valence electrons. The van der Waals surface area contributed by atoms with Crippen molar-refractivity contribution in [2.24, 2.45) is 0 Å². The van der Waals surface area contributed by atoms with E-state index in [9.17, 15) is 0 Å². The van der Waals surface area contributed by atoms with Gasteiger partial charge in [0.15, 0.2) is 0 Å². The van der Waals surface area contributed by atoms with E-state index in [0.29, 0.717) is 0 Å². The molecule has 0 bridgehead atoms. The van der Waals surface area contributed by atoms with E-state index in [0.717, 1.165) is 36.5 Å². The quantitative estimate of drug-likeness (QED) is 0.783. The molecular formula is C19H23N3O. The van der Waals surface area contributed by atoms with Crippen LogP contribution in [0.4, 0.5) is 5.82 Å². The summed E-state index contributed by atoms with van der Waals surface area (Å²) in [7, 11) is 1.69. The Balaban J connectivity index is 1.92. The molecule has 0 aliphatic carbocycles. The summed E-state index contributed by atoms with van der Waals surface area (Å²) in [5.74, 6) is 1.71. The standard InChI is InChI=1S/C19H23N3O/c1-4-16-13(2)19(20)22-12-11-21-17(18(16)22)10-7-14-5-8-15(23-3)9-6-14/h5-6,8-9,11-12H,4,7,10,20H2,1-3H3. The zero-order valence-corrected chi connectivity index (χ0v) is 14.0. The minimum absolute atomic E-state index is 0.824. The Labute approximate surface area is 136 Å². The molecule has 4 heteroatoms. The lowest BCUT2D eigenvalue weighted by molar-refractivity contribution is 0.414. The Morgan fingerprint density at radius 3 is 2.57 bits per heavy atom. The SMILES string of the molecule is CCc1c(C)c(N)n2ccnc(CCc3ccc(OC)cc3)c12. The summed E-state index contributed by atoms with van der Waals surface area (Å²) < 4.78 is 7.28. The Kier molecular flexibility index (Phi) is 4.24. The smallest absolute Gasteiger partial charge is 0.118 e. The third kappa shape index (κ3) is 2.77. The van der Waals surface area contributed by atoms with Crippen molar-refractivity contribution in [1.29, 1.82) is 0 Å². The molecule has 0 aliphatic rings. The van der Waals surface area contributed by atoms with Crippen LogP contribution < -0.4 is 10.5 Å². The van der Waals surface area contributed by atoms with E-state index in [1.165, 1.54) is 22.2 Å². The summed E-state index contributed by atoms with van der Waals surface area (Å²) in [6.07, 6.45) is 6.60. The predicted octanol–water partition coefficient (Wildman–Crippen LogP) is 3.58. The number of fused-ring (bicyclic) bond motifs is 1. The molecule has 0 saturated heterocycles. The summed E-state index contributed by atoms with van der Waals surface area (Å²) >= 11 is 0. The van der Waals surface area contributed by atoms with Gasteiger partial charge in [0.25, 0.3) is 0 Å². The number of nitrogens with two attached hydrogens (primary N) is 1. The zero-order valence-electron chi connectivity index (χ0n) is 14.0. The summed E-state index contributed by atoms with van der Waals surface area (Å²) in [4.78, 5) is 4.62. The molecule has 0 spiro atoms. The van der Waals surface area contributed by atoms with Crippen LogP contribution in [0.5, 0.6) is 5.75 Å². The van der Waals surface area contributed by atoms with Crippen LogP contribution in [-0.4, -0.2) is 16.5 Å². The summed E-state index contributed by atoms with van der Waals surface area (Å²) in [5.41, 5.74) is 12.3. The van der Waals surface area contributed by atoms with Crippen molar-refractivity contribution in [2.75, 3.05) is 12.8 Å². The van der Waals surface area contributed by atoms with Gasteiger partial charge in [0.1, 0.15) is 11.6 Å². The molecular weight excluding hydrogens is 286 g/mol. The summed E-state index contributed by atoms with van der Waals surface area (Å²) in [6, 6.07) is 8.22. The number of benzene rings is 1. The van der Waals surface area contributed by atoms with Crippen LogP contribution in [0.25, 0.3) is 5.52 Å². The first kappa shape index (κ1) is 15.4. The number of ether oxygens (including phenoxy) is 1. The van der Waals surface area contributed by atoms with Gasteiger partial charge in [0.05, 0.1) is 18.3 Å². The van der Waals surface area contributed by atoms with Crippen LogP contribution in [0.1, 0.15) is 29.3 Å². The fourth-order valence-corrected chi connectivity index (χ4v) is 3.17. The Bertz CT molecular complexity index is 819. The van der Waals surface area contributed by atoms with E-state index < -0.39 is 0 Å². The summed E-state index contributed by atoms with van der Waals surface area (Å²) in [6.45, 7) is 4.26. The second-order valence-corrected chi connectivity index (χ2v) is 5.78. The molecule has 3 rings (SSSR count). The maximum Gasteiger partial charge on any atom is 0.118 e. The van der Waals surface area contributed by atoms with E-state index >= 15 is 0 Å². The number of rotatable bonds is 5. The maximum atomic E-state index is 6.24. The topological polar surface area (TPSA) is 52.5 Å². The molecule has 2 N–H and O–H groups in total. The van der Waals surface area contributed by atoms with E-state index in [1.54, 1.807) is 7.11 Å². The van der Waals surface area contributed by atoms with E-state index in [2.05, 4.69) is 35.4 Å². The molecule has 2 aromatic heterocycles. The average Bonchev–Trinajstić information content (AvgIpc) is 2.85. The van der Waals surface area contributed by atoms with Crippen molar-refractivity contribution in [3.63, 3.8) is 0 Å². The van der Waals surface area contributed by atoms with Crippen molar-refractivity contribution >= 4 is 11.3 Å². The molecule has 1 aromatic carbocycles. The first-order valence-corrected chi connectivity index (χ1v) is 8.01. The third-order valence-electron chi connectivity index (χ3n) is 4.51. The van der Waals surface area contributed by atoms with Crippen LogP contribution in [0.15, 0.2) is 36.7 Å². The predicted molar refractivity (Wildman–Crippen MR) is 94.1 cm³/mol. The minimum atomic E-state index is 0.824. The van der Waals surface area contributed by atoms with Gasteiger partial charge in [-0.15, -0.1) is 0 Å². The molecule has 0 aliphatic heterocycles. The van der Waals surface area contributed by atoms with Gasteiger partial charge in [-0.1, -0.05) is 19.1 Å². The fourth-order valence-electron chi connectivity index (χ4n) is 3.17. The lowest BCUT2D eigenvalue weighted by atomic mass is 10.0. The van der Waals surface area contributed by atoms with Crippen LogP contribution in [0.2, 0.25) is 0 Å². The lowest BCUT2D eigenvalue weighted by Gasteiger charge is -2.07. The van der Waals surface area contributed by atoms with Gasteiger partial charge in [-0.2, -0.15) is 0 Å². The molecule has 23 heavy (non-hydrogen) atoms. The number of aromatic nitrogens is 2. The highest BCUT2D eigenvalue weighted by Crippen LogP contribution is 2.27. The number of nitrogen functional groups attached to an aromatic ring is 1. The number of nitrogens with zero attached hydrogens (tertiary/aromatic N) is 2. The van der Waals surface area contributed by atoms with Crippen molar-refractivity contribution in [3.05, 3.63) is 59.0 Å². The normalized spacial score (nSPS) is 11.1. The number of hydrogen-bond donors (Lipinski definition) is 1. The van der Waals surface area contributed by atoms with Crippen LogP contribution in [0, 0.1) is 6.92 Å². The second kappa shape index (κ2) is 6.32. The highest BCUT2D eigenvalue weighted by molar-refractivity contribution is 5.70. The second-order valence-electron chi connectivity index (χ2n) is 5.78. The third-order valence-corrected chi connectivity index (χ3v) is 4.51. The highest BCUT2D eigenvalue weighted by Gasteiger charge is 2.15. The van der Waals surface area contributed by atoms with E-state index in [-0.39, 0.29) is 0 Å². The van der Waals surface area contributed by atoms with Crippen molar-refractivity contribution in [3.8, 4) is 5.75 Å². The molecule has 0 unspecified atom stereocenters. The van der Waals surface area contributed by atoms with Gasteiger partial charge in [0.2, 0.25) is 0 Å². The van der Waals surface area contributed by atoms with Crippen LogP contribution in [-0.2, 0) is 19.3 Å². The van der Waals surface area contributed by atoms with Crippen LogP contribution >= 0.6 is 0 Å². The van der Waals surface area contributed by atoms with E-state index in [4.69, 9.17) is 10.5 Å². The zero-order chi connectivity index (χ0) is 16.4. The molecule has 2 heterocycles. The average molecular weight is 309 g/mol. The molecule has 0 amide bonds. The van der Waals surface area contributed by atoms with Gasteiger partial charge in [-0.05, 0) is 55.0 Å². The highest BCUT2D eigenvalue weighted by atomic mass is 16.5. The molecule has 0 radical (unpaired) electrons. The molecule has 0 fully saturated rings. The van der Waals surface area contributed by atoms with Crippen LogP contribution in [0.3, 0.4) is 0 Å². The van der Waals surface area contributed by atoms with Gasteiger partial charge in [0, 0.05) is 12.4 Å². The monoisotopic (exact) mass is 309 g/mol. The Morgan fingerprint density at radius 1 is 1.17 bits per heavy atom. The first-order chi connectivity index (χ1) is 11.2. The molecule has 0 saturated carbocycles. The van der Waals surface area contributed by atoms with Crippen molar-refractivity contribution in [1.82, 2.24) is 9.38 Å². The van der Waals surface area contributed by atoms with Gasteiger partial charge >= 0.3 is 0 Å². The molecule has 3 aromatic rings. The number of aryl methyl sites for hydroxylation is 3. The van der Waals surface area contributed by atoms with Crippen molar-refractivity contribution < 1.29 is 4.74 Å². The molecule has 0 atom stereocenters.